The Morgan fingerprint density at radius 2 is 1.63 bits per heavy atom. The standard InChI is InChI=1S/C43H54N4O4/c1-12-28-23-44-34(25(28)8)21-36-29(13-2)26(9)35(45-36)22-37-32(15-4)43(11)33(42(49)51-17-6)20-31(41(43)46-37)40-30(14-3)27(10)39(47-40)24(7)18-19-38(48)50-16-5/h18-23,32,44-45H,12-17H2,1-11H3/b19-18+,35-22-,36-21-,39-24+. The number of aromatic amines is 2. The van der Waals surface area contributed by atoms with E-state index in [9.17, 15) is 9.59 Å². The molecule has 51 heavy (non-hydrogen) atoms. The molecule has 3 aliphatic rings. The summed E-state index contributed by atoms with van der Waals surface area (Å²) in [6.07, 6.45) is 15.1. The summed E-state index contributed by atoms with van der Waals surface area (Å²) in [5.41, 5.74) is 13.4. The zero-order chi connectivity index (χ0) is 37.2. The van der Waals surface area contributed by atoms with Crippen LogP contribution < -0.4 is 10.7 Å². The van der Waals surface area contributed by atoms with E-state index in [1.807, 2.05) is 19.9 Å². The van der Waals surface area contributed by atoms with Crippen molar-refractivity contribution in [3.63, 3.8) is 0 Å². The molecule has 8 nitrogen and oxygen atoms in total. The van der Waals surface area contributed by atoms with Gasteiger partial charge < -0.3 is 19.4 Å². The molecule has 2 aliphatic heterocycles. The Morgan fingerprint density at radius 3 is 2.24 bits per heavy atom. The molecule has 0 spiro atoms. The molecule has 8 heteroatoms. The van der Waals surface area contributed by atoms with E-state index in [0.29, 0.717) is 12.2 Å². The molecule has 2 atom stereocenters. The van der Waals surface area contributed by atoms with Crippen molar-refractivity contribution < 1.29 is 19.1 Å². The Labute approximate surface area is 302 Å². The summed E-state index contributed by atoms with van der Waals surface area (Å²) in [5, 5.41) is 2.12. The molecule has 1 aliphatic carbocycles. The van der Waals surface area contributed by atoms with Crippen molar-refractivity contribution in [1.82, 2.24) is 9.97 Å². The maximum atomic E-state index is 13.7. The van der Waals surface area contributed by atoms with Gasteiger partial charge in [-0.05, 0) is 137 Å². The highest BCUT2D eigenvalue weighted by molar-refractivity contribution is 6.22. The van der Waals surface area contributed by atoms with Crippen molar-refractivity contribution in [3.8, 4) is 0 Å². The summed E-state index contributed by atoms with van der Waals surface area (Å²) < 4.78 is 10.8. The summed E-state index contributed by atoms with van der Waals surface area (Å²) in [6, 6.07) is 0. The van der Waals surface area contributed by atoms with E-state index < -0.39 is 5.41 Å². The molecule has 0 fully saturated rings. The molecule has 270 valence electrons. The minimum atomic E-state index is -0.691. The van der Waals surface area contributed by atoms with Crippen molar-refractivity contribution in [2.45, 2.75) is 102 Å². The van der Waals surface area contributed by atoms with E-state index in [2.05, 4.69) is 83.7 Å². The Kier molecular flexibility index (Phi) is 11.2. The van der Waals surface area contributed by atoms with Crippen LogP contribution in [0.15, 0.2) is 73.7 Å². The molecule has 0 aromatic carbocycles. The molecular formula is C43H54N4O4. The van der Waals surface area contributed by atoms with Gasteiger partial charge in [-0.1, -0.05) is 27.7 Å². The second-order valence-electron chi connectivity index (χ2n) is 13.7. The highest BCUT2D eigenvalue weighted by atomic mass is 16.5. The van der Waals surface area contributed by atoms with Crippen LogP contribution >= 0.6 is 0 Å². The first-order valence-corrected chi connectivity index (χ1v) is 18.5. The van der Waals surface area contributed by atoms with Crippen molar-refractivity contribution in [2.75, 3.05) is 13.2 Å². The molecule has 2 N–H and O–H groups in total. The summed E-state index contributed by atoms with van der Waals surface area (Å²) in [4.78, 5) is 43.6. The van der Waals surface area contributed by atoms with Crippen LogP contribution in [0.5, 0.6) is 0 Å². The summed E-state index contributed by atoms with van der Waals surface area (Å²) >= 11 is 0. The van der Waals surface area contributed by atoms with E-state index in [4.69, 9.17) is 19.5 Å². The van der Waals surface area contributed by atoms with Gasteiger partial charge in [0.25, 0.3) is 0 Å². The molecular weight excluding hydrogens is 636 g/mol. The first-order chi connectivity index (χ1) is 24.4. The lowest BCUT2D eigenvalue weighted by atomic mass is 9.70. The molecule has 5 rings (SSSR count). The summed E-state index contributed by atoms with van der Waals surface area (Å²) in [6.45, 7) is 23.4. The number of rotatable bonds is 12. The van der Waals surface area contributed by atoms with Crippen LogP contribution in [0.25, 0.3) is 12.2 Å². The van der Waals surface area contributed by atoms with Crippen LogP contribution in [0.3, 0.4) is 0 Å². The van der Waals surface area contributed by atoms with Crippen LogP contribution in [0.4, 0.5) is 0 Å². The van der Waals surface area contributed by atoms with Crippen molar-refractivity contribution in [2.24, 2.45) is 21.3 Å². The molecule has 0 saturated heterocycles. The second kappa shape index (κ2) is 15.3. The van der Waals surface area contributed by atoms with Crippen LogP contribution in [-0.4, -0.2) is 46.5 Å². The number of aromatic nitrogens is 2. The van der Waals surface area contributed by atoms with E-state index in [1.165, 1.54) is 28.3 Å². The topological polar surface area (TPSA) is 109 Å². The van der Waals surface area contributed by atoms with Crippen LogP contribution in [0.1, 0.15) is 103 Å². The number of hydrogen-bond acceptors (Lipinski definition) is 6. The predicted molar refractivity (Wildman–Crippen MR) is 207 cm³/mol. The van der Waals surface area contributed by atoms with E-state index in [-0.39, 0.29) is 24.5 Å². The maximum Gasteiger partial charge on any atom is 0.335 e. The molecule has 0 amide bonds. The lowest BCUT2D eigenvalue weighted by molar-refractivity contribution is -0.140. The highest BCUT2D eigenvalue weighted by Gasteiger charge is 2.54. The number of aliphatic imine (C=N–C) groups is 2. The minimum Gasteiger partial charge on any atom is -0.463 e. The van der Waals surface area contributed by atoms with Gasteiger partial charge in [-0.2, -0.15) is 0 Å². The largest absolute Gasteiger partial charge is 0.463 e. The normalized spacial score (nSPS) is 21.9. The van der Waals surface area contributed by atoms with Crippen LogP contribution in [0.2, 0.25) is 0 Å². The fourth-order valence-corrected chi connectivity index (χ4v) is 8.06. The Hall–Kier alpha value is -4.72. The SMILES string of the molecule is CCOC(=O)/C=C/C(C)=C1/N=C(C2=C3N=C(/C=c4\[nH]/c(=C\c5[nH]cc(CC)c5C)c(CC)c4C)C(CC)C3(C)C(C(=O)OCC)=C2)C(CC)=C1C. The maximum absolute atomic E-state index is 13.7. The Morgan fingerprint density at radius 1 is 0.902 bits per heavy atom. The van der Waals surface area contributed by atoms with Gasteiger partial charge in [-0.15, -0.1) is 0 Å². The number of carbonyl (C=O) groups is 2. The van der Waals surface area contributed by atoms with Crippen molar-refractivity contribution >= 4 is 35.5 Å². The fourth-order valence-electron chi connectivity index (χ4n) is 8.06. The Balaban J connectivity index is 1.71. The van der Waals surface area contributed by atoms with E-state index in [0.717, 1.165) is 87.2 Å². The fraction of sp³-hybridized carbons (Fsp3) is 0.442. The number of ether oxygens (including phenoxy) is 2. The molecule has 0 saturated carbocycles. The summed E-state index contributed by atoms with van der Waals surface area (Å²) in [7, 11) is 0. The van der Waals surface area contributed by atoms with Gasteiger partial charge >= 0.3 is 11.9 Å². The molecule has 2 aromatic heterocycles. The van der Waals surface area contributed by atoms with Gasteiger partial charge in [0.15, 0.2) is 0 Å². The van der Waals surface area contributed by atoms with Gasteiger partial charge in [-0.25, -0.2) is 14.6 Å². The van der Waals surface area contributed by atoms with Gasteiger partial charge in [0, 0.05) is 45.9 Å². The van der Waals surface area contributed by atoms with Gasteiger partial charge in [0.1, 0.15) is 0 Å². The van der Waals surface area contributed by atoms with Gasteiger partial charge in [0.05, 0.1) is 41.3 Å². The second-order valence-corrected chi connectivity index (χ2v) is 13.7. The monoisotopic (exact) mass is 690 g/mol. The number of allylic oxidation sites excluding steroid dienone is 7. The average Bonchev–Trinajstić information content (AvgIpc) is 3.86. The molecule has 4 heterocycles. The zero-order valence-corrected chi connectivity index (χ0v) is 32.3. The quantitative estimate of drug-likeness (QED) is 0.178. The van der Waals surface area contributed by atoms with E-state index in [1.54, 1.807) is 13.0 Å². The lowest BCUT2D eigenvalue weighted by Gasteiger charge is -2.31. The number of hydrogen-bond donors (Lipinski definition) is 2. The molecule has 2 aromatic rings. The van der Waals surface area contributed by atoms with Gasteiger partial charge in [0.2, 0.25) is 0 Å². The first kappa shape index (κ1) is 37.5. The number of nitrogens with zero attached hydrogens (tertiary/aromatic N) is 2. The average molecular weight is 691 g/mol. The number of carbonyl (C=O) groups excluding carboxylic acids is 2. The van der Waals surface area contributed by atoms with Crippen molar-refractivity contribution in [3.05, 3.63) is 102 Å². The third-order valence-electron chi connectivity index (χ3n) is 10.9. The summed E-state index contributed by atoms with van der Waals surface area (Å²) in [5.74, 6) is -0.762. The van der Waals surface area contributed by atoms with Gasteiger partial charge in [-0.3, -0.25) is 4.99 Å². The number of nitrogens with one attached hydrogen (secondary N) is 2. The third-order valence-corrected chi connectivity index (χ3v) is 10.9. The smallest absolute Gasteiger partial charge is 0.335 e. The number of H-pyrrole nitrogens is 2. The molecule has 0 radical (unpaired) electrons. The number of esters is 2. The number of aryl methyl sites for hydroxylation is 1. The van der Waals surface area contributed by atoms with Crippen molar-refractivity contribution in [1.29, 1.82) is 0 Å². The third kappa shape index (κ3) is 6.61. The molecule has 0 bridgehead atoms. The number of fused-ring (bicyclic) bond motifs is 1. The highest BCUT2D eigenvalue weighted by Crippen LogP contribution is 2.56. The Bertz CT molecular complexity index is 2110. The lowest BCUT2D eigenvalue weighted by Crippen LogP contribution is -2.33. The van der Waals surface area contributed by atoms with E-state index >= 15 is 0 Å². The van der Waals surface area contributed by atoms with Crippen LogP contribution in [-0.2, 0) is 31.9 Å². The van der Waals surface area contributed by atoms with Crippen LogP contribution in [0, 0.1) is 25.2 Å². The minimum absolute atomic E-state index is 0.0555. The first-order valence-electron chi connectivity index (χ1n) is 18.5. The predicted octanol–water partition coefficient (Wildman–Crippen LogP) is 7.51. The molecule has 2 unspecified atom stereocenters. The zero-order valence-electron chi connectivity index (χ0n) is 32.3.